The van der Waals surface area contributed by atoms with E-state index in [2.05, 4.69) is 50.0 Å². The number of benzene rings is 2. The summed E-state index contributed by atoms with van der Waals surface area (Å²) in [7, 11) is 1.70. The van der Waals surface area contributed by atoms with Gasteiger partial charge in [-0.1, -0.05) is 11.6 Å². The molecule has 0 aromatic heterocycles. The molecule has 1 aliphatic heterocycles. The molecule has 3 rings (SSSR count). The lowest BCUT2D eigenvalue weighted by Crippen LogP contribution is -2.52. The van der Waals surface area contributed by atoms with E-state index in [-0.39, 0.29) is 12.1 Å². The fraction of sp³-hybridized carbons (Fsp3) is 0.478. The standard InChI is InChI=1S/C23H31ClN2O2/c1-15(2)26(16(3)4)14-22-23(28-19-8-6-18(24)7-9-19)13-17-12-20(27-5)10-11-21(17)25-22/h6-12,15-16,22-23,25H,13-14H2,1-5H3/t22-,23-/m1/s1. The van der Waals surface area contributed by atoms with E-state index in [0.29, 0.717) is 17.1 Å². The molecule has 28 heavy (non-hydrogen) atoms. The zero-order chi connectivity index (χ0) is 20.3. The molecule has 1 aliphatic rings. The van der Waals surface area contributed by atoms with Crippen LogP contribution in [0.1, 0.15) is 33.3 Å². The summed E-state index contributed by atoms with van der Waals surface area (Å²) in [6.07, 6.45) is 0.845. The molecule has 4 nitrogen and oxygen atoms in total. The molecule has 0 saturated carbocycles. The molecule has 1 heterocycles. The maximum Gasteiger partial charge on any atom is 0.124 e. The van der Waals surface area contributed by atoms with Gasteiger partial charge in [-0.3, -0.25) is 4.90 Å². The van der Waals surface area contributed by atoms with Crippen molar-refractivity contribution in [1.82, 2.24) is 4.90 Å². The van der Waals surface area contributed by atoms with Crippen LogP contribution in [0.15, 0.2) is 42.5 Å². The fourth-order valence-corrected chi connectivity index (χ4v) is 4.00. The van der Waals surface area contributed by atoms with E-state index >= 15 is 0 Å². The summed E-state index contributed by atoms with van der Waals surface area (Å²) >= 11 is 6.03. The number of methoxy groups -OCH3 is 1. The molecule has 2 aromatic rings. The highest BCUT2D eigenvalue weighted by Gasteiger charge is 2.32. The molecule has 0 bridgehead atoms. The van der Waals surface area contributed by atoms with Crippen LogP contribution in [0.4, 0.5) is 5.69 Å². The van der Waals surface area contributed by atoms with Crippen molar-refractivity contribution in [1.29, 1.82) is 0 Å². The van der Waals surface area contributed by atoms with Gasteiger partial charge in [-0.2, -0.15) is 0 Å². The molecule has 152 valence electrons. The molecular weight excluding hydrogens is 372 g/mol. The Hall–Kier alpha value is -1.91. The molecule has 0 spiro atoms. The Bertz CT molecular complexity index is 769. The number of nitrogens with zero attached hydrogens (tertiary/aromatic N) is 1. The summed E-state index contributed by atoms with van der Waals surface area (Å²) < 4.78 is 11.8. The number of halogens is 1. The monoisotopic (exact) mass is 402 g/mol. The lowest BCUT2D eigenvalue weighted by molar-refractivity contribution is 0.111. The molecule has 0 unspecified atom stereocenters. The minimum absolute atomic E-state index is 0.0146. The highest BCUT2D eigenvalue weighted by molar-refractivity contribution is 6.30. The first-order chi connectivity index (χ1) is 13.4. The lowest BCUT2D eigenvalue weighted by atomic mass is 9.94. The highest BCUT2D eigenvalue weighted by atomic mass is 35.5. The van der Waals surface area contributed by atoms with Crippen LogP contribution in [0.25, 0.3) is 0 Å². The van der Waals surface area contributed by atoms with Gasteiger partial charge >= 0.3 is 0 Å². The van der Waals surface area contributed by atoms with Crippen LogP contribution >= 0.6 is 11.6 Å². The minimum Gasteiger partial charge on any atom is -0.497 e. The molecule has 0 saturated heterocycles. The molecular formula is C23H31ClN2O2. The highest BCUT2D eigenvalue weighted by Crippen LogP contribution is 2.31. The molecule has 2 atom stereocenters. The summed E-state index contributed by atoms with van der Waals surface area (Å²) in [4.78, 5) is 2.50. The molecule has 0 radical (unpaired) electrons. The van der Waals surface area contributed by atoms with Crippen molar-refractivity contribution in [3.05, 3.63) is 53.1 Å². The van der Waals surface area contributed by atoms with Crippen molar-refractivity contribution in [3.8, 4) is 11.5 Å². The van der Waals surface area contributed by atoms with Gasteiger partial charge in [0.2, 0.25) is 0 Å². The molecule has 0 fully saturated rings. The van der Waals surface area contributed by atoms with E-state index in [9.17, 15) is 0 Å². The van der Waals surface area contributed by atoms with Gasteiger partial charge in [0.1, 0.15) is 17.6 Å². The Kier molecular flexibility index (Phi) is 6.73. The van der Waals surface area contributed by atoms with Crippen LogP contribution in [0.2, 0.25) is 5.02 Å². The first kappa shape index (κ1) is 20.8. The Balaban J connectivity index is 1.87. The van der Waals surface area contributed by atoms with Gasteiger partial charge in [-0.05, 0) is 75.7 Å². The second kappa shape index (κ2) is 9.06. The normalized spacial score (nSPS) is 18.9. The van der Waals surface area contributed by atoms with Gasteiger partial charge in [-0.15, -0.1) is 0 Å². The number of nitrogens with one attached hydrogen (secondary N) is 1. The van der Waals surface area contributed by atoms with Crippen molar-refractivity contribution >= 4 is 17.3 Å². The maximum absolute atomic E-state index is 6.43. The van der Waals surface area contributed by atoms with Crippen LogP contribution in [0.5, 0.6) is 11.5 Å². The third kappa shape index (κ3) is 4.92. The molecule has 0 aliphatic carbocycles. The number of fused-ring (bicyclic) bond motifs is 1. The molecule has 1 N–H and O–H groups in total. The largest absolute Gasteiger partial charge is 0.497 e. The van der Waals surface area contributed by atoms with Crippen LogP contribution in [-0.4, -0.2) is 42.8 Å². The van der Waals surface area contributed by atoms with E-state index in [4.69, 9.17) is 21.1 Å². The number of hydrogen-bond acceptors (Lipinski definition) is 4. The zero-order valence-corrected chi connectivity index (χ0v) is 18.2. The Morgan fingerprint density at radius 1 is 1.04 bits per heavy atom. The summed E-state index contributed by atoms with van der Waals surface area (Å²) in [6.45, 7) is 9.90. The average Bonchev–Trinajstić information content (AvgIpc) is 2.67. The van der Waals surface area contributed by atoms with E-state index in [1.54, 1.807) is 7.11 Å². The van der Waals surface area contributed by atoms with Gasteiger partial charge in [0.15, 0.2) is 0 Å². The molecule has 2 aromatic carbocycles. The predicted octanol–water partition coefficient (Wildman–Crippen LogP) is 5.25. The van der Waals surface area contributed by atoms with Crippen LogP contribution in [0, 0.1) is 0 Å². The summed E-state index contributed by atoms with van der Waals surface area (Å²) in [5.74, 6) is 1.71. The van der Waals surface area contributed by atoms with E-state index < -0.39 is 0 Å². The van der Waals surface area contributed by atoms with E-state index in [0.717, 1.165) is 30.2 Å². The first-order valence-electron chi connectivity index (χ1n) is 9.98. The smallest absolute Gasteiger partial charge is 0.124 e. The first-order valence-corrected chi connectivity index (χ1v) is 10.4. The van der Waals surface area contributed by atoms with Crippen LogP contribution in [-0.2, 0) is 6.42 Å². The van der Waals surface area contributed by atoms with E-state index in [1.165, 1.54) is 5.56 Å². The SMILES string of the molecule is COc1ccc2c(c1)C[C@@H](Oc1ccc(Cl)cc1)[C@@H](CN(C(C)C)C(C)C)N2. The van der Waals surface area contributed by atoms with Gasteiger partial charge in [0.05, 0.1) is 13.2 Å². The van der Waals surface area contributed by atoms with Crippen molar-refractivity contribution in [2.75, 3.05) is 19.0 Å². The van der Waals surface area contributed by atoms with Gasteiger partial charge < -0.3 is 14.8 Å². The molecule has 0 amide bonds. The third-order valence-corrected chi connectivity index (χ3v) is 5.61. The Labute approximate surface area is 173 Å². The van der Waals surface area contributed by atoms with Crippen molar-refractivity contribution in [3.63, 3.8) is 0 Å². The second-order valence-corrected chi connectivity index (χ2v) is 8.41. The lowest BCUT2D eigenvalue weighted by Gasteiger charge is -2.40. The second-order valence-electron chi connectivity index (χ2n) is 7.97. The topological polar surface area (TPSA) is 33.7 Å². The molecule has 5 heteroatoms. The Morgan fingerprint density at radius 3 is 2.29 bits per heavy atom. The van der Waals surface area contributed by atoms with Crippen molar-refractivity contribution in [2.24, 2.45) is 0 Å². The summed E-state index contributed by atoms with van der Waals surface area (Å²) in [5.41, 5.74) is 2.38. The fourth-order valence-electron chi connectivity index (χ4n) is 3.88. The predicted molar refractivity (Wildman–Crippen MR) is 117 cm³/mol. The maximum atomic E-state index is 6.43. The van der Waals surface area contributed by atoms with Crippen LogP contribution < -0.4 is 14.8 Å². The summed E-state index contributed by atoms with van der Waals surface area (Å²) in [6, 6.07) is 14.9. The third-order valence-electron chi connectivity index (χ3n) is 5.36. The average molecular weight is 403 g/mol. The number of anilines is 1. The number of rotatable bonds is 7. The van der Waals surface area contributed by atoms with Crippen molar-refractivity contribution < 1.29 is 9.47 Å². The number of ether oxygens (including phenoxy) is 2. The van der Waals surface area contributed by atoms with Gasteiger partial charge in [0.25, 0.3) is 0 Å². The van der Waals surface area contributed by atoms with Crippen LogP contribution in [0.3, 0.4) is 0 Å². The zero-order valence-electron chi connectivity index (χ0n) is 17.4. The van der Waals surface area contributed by atoms with Crippen molar-refractivity contribution in [2.45, 2.75) is 58.3 Å². The summed E-state index contributed by atoms with van der Waals surface area (Å²) in [5, 5.41) is 4.44. The Morgan fingerprint density at radius 2 is 1.68 bits per heavy atom. The van der Waals surface area contributed by atoms with Gasteiger partial charge in [-0.25, -0.2) is 0 Å². The van der Waals surface area contributed by atoms with E-state index in [1.807, 2.05) is 30.3 Å². The minimum atomic E-state index is 0.0146. The number of hydrogen-bond donors (Lipinski definition) is 1. The van der Waals surface area contributed by atoms with Gasteiger partial charge in [0, 0.05) is 35.8 Å². The quantitative estimate of drug-likeness (QED) is 0.685.